The van der Waals surface area contributed by atoms with E-state index < -0.39 is 0 Å². The molecule has 0 saturated carbocycles. The number of hydrogen-bond donors (Lipinski definition) is 1. The van der Waals surface area contributed by atoms with Crippen molar-refractivity contribution in [2.75, 3.05) is 13.1 Å². The number of benzene rings is 3. The largest absolute Gasteiger partial charge is 0.451 e. The zero-order valence-corrected chi connectivity index (χ0v) is 16.4. The molecule has 0 radical (unpaired) electrons. The minimum absolute atomic E-state index is 0.185. The molecule has 1 aliphatic heterocycles. The lowest BCUT2D eigenvalue weighted by molar-refractivity contribution is 0.0925. The number of fused-ring (bicyclic) bond motifs is 3. The van der Waals surface area contributed by atoms with Gasteiger partial charge in [-0.1, -0.05) is 54.6 Å². The number of furan rings is 1. The van der Waals surface area contributed by atoms with Crippen LogP contribution >= 0.6 is 0 Å². The lowest BCUT2D eigenvalue weighted by Crippen LogP contribution is -2.22. The molecule has 1 amide bonds. The van der Waals surface area contributed by atoms with Crippen LogP contribution in [0.5, 0.6) is 0 Å². The minimum Gasteiger partial charge on any atom is -0.451 e. The molecule has 0 bridgehead atoms. The summed E-state index contributed by atoms with van der Waals surface area (Å²) < 4.78 is 5.82. The highest BCUT2D eigenvalue weighted by molar-refractivity contribution is 6.08. The topological polar surface area (TPSA) is 45.5 Å². The predicted molar refractivity (Wildman–Crippen MR) is 116 cm³/mol. The fourth-order valence-electron chi connectivity index (χ4n) is 4.21. The van der Waals surface area contributed by atoms with Gasteiger partial charge in [0.15, 0.2) is 5.76 Å². The monoisotopic (exact) mass is 384 g/mol. The maximum atomic E-state index is 12.7. The highest BCUT2D eigenvalue weighted by Crippen LogP contribution is 2.28. The number of rotatable bonds is 5. The van der Waals surface area contributed by atoms with Gasteiger partial charge in [0.25, 0.3) is 5.91 Å². The Morgan fingerprint density at radius 2 is 1.72 bits per heavy atom. The molecule has 1 aromatic heterocycles. The quantitative estimate of drug-likeness (QED) is 0.520. The molecule has 0 spiro atoms. The van der Waals surface area contributed by atoms with Gasteiger partial charge in [0.1, 0.15) is 5.58 Å². The summed E-state index contributed by atoms with van der Waals surface area (Å²) in [5.41, 5.74) is 3.15. The summed E-state index contributed by atoms with van der Waals surface area (Å²) in [6.07, 6.45) is 2.59. The van der Waals surface area contributed by atoms with Crippen molar-refractivity contribution >= 4 is 27.6 Å². The van der Waals surface area contributed by atoms with Crippen LogP contribution in [0.15, 0.2) is 71.1 Å². The number of carbonyl (C=O) groups excluding carboxylic acids is 1. The van der Waals surface area contributed by atoms with Crippen LogP contribution in [-0.4, -0.2) is 23.9 Å². The summed E-state index contributed by atoms with van der Waals surface area (Å²) in [6.45, 7) is 3.84. The van der Waals surface area contributed by atoms with Gasteiger partial charge in [-0.2, -0.15) is 0 Å². The van der Waals surface area contributed by atoms with Crippen molar-refractivity contribution < 1.29 is 9.21 Å². The third kappa shape index (κ3) is 3.76. The molecule has 5 rings (SSSR count). The van der Waals surface area contributed by atoms with E-state index in [2.05, 4.69) is 46.6 Å². The molecular formula is C25H24N2O2. The lowest BCUT2D eigenvalue weighted by atomic mass is 10.1. The molecule has 1 saturated heterocycles. The highest BCUT2D eigenvalue weighted by atomic mass is 16.3. The summed E-state index contributed by atoms with van der Waals surface area (Å²) >= 11 is 0. The Kier molecular flexibility index (Phi) is 4.78. The normalized spacial score (nSPS) is 14.6. The van der Waals surface area contributed by atoms with Crippen LogP contribution in [-0.2, 0) is 13.1 Å². The van der Waals surface area contributed by atoms with Gasteiger partial charge in [-0.05, 0) is 60.0 Å². The third-order valence-electron chi connectivity index (χ3n) is 5.70. The average Bonchev–Trinajstić information content (AvgIpc) is 3.42. The van der Waals surface area contributed by atoms with E-state index in [1.807, 2.05) is 30.3 Å². The Bertz CT molecular complexity index is 1170. The van der Waals surface area contributed by atoms with Crippen molar-refractivity contribution in [3.05, 3.63) is 83.6 Å². The Labute approximate surface area is 170 Å². The van der Waals surface area contributed by atoms with Gasteiger partial charge in [0.05, 0.1) is 0 Å². The van der Waals surface area contributed by atoms with E-state index in [1.54, 1.807) is 0 Å². The van der Waals surface area contributed by atoms with Gasteiger partial charge in [0, 0.05) is 18.5 Å². The fraction of sp³-hybridized carbons (Fsp3) is 0.240. The van der Waals surface area contributed by atoms with Gasteiger partial charge >= 0.3 is 0 Å². The van der Waals surface area contributed by atoms with Crippen LogP contribution in [0, 0.1) is 0 Å². The Morgan fingerprint density at radius 3 is 2.62 bits per heavy atom. The summed E-state index contributed by atoms with van der Waals surface area (Å²) in [5, 5.41) is 6.21. The van der Waals surface area contributed by atoms with Crippen LogP contribution in [0.2, 0.25) is 0 Å². The first-order valence-electron chi connectivity index (χ1n) is 10.3. The lowest BCUT2D eigenvalue weighted by Gasteiger charge is -2.15. The van der Waals surface area contributed by atoms with Crippen LogP contribution in [0.4, 0.5) is 0 Å². The molecule has 0 aliphatic carbocycles. The first-order chi connectivity index (χ1) is 14.3. The van der Waals surface area contributed by atoms with Gasteiger partial charge < -0.3 is 9.73 Å². The summed E-state index contributed by atoms with van der Waals surface area (Å²) in [7, 11) is 0. The van der Waals surface area contributed by atoms with E-state index in [9.17, 15) is 4.79 Å². The Balaban J connectivity index is 1.30. The average molecular weight is 384 g/mol. The number of amides is 1. The number of carbonyl (C=O) groups is 1. The molecule has 4 nitrogen and oxygen atoms in total. The highest BCUT2D eigenvalue weighted by Gasteiger charge is 2.14. The van der Waals surface area contributed by atoms with Crippen molar-refractivity contribution in [1.29, 1.82) is 0 Å². The fourth-order valence-corrected chi connectivity index (χ4v) is 4.21. The summed E-state index contributed by atoms with van der Waals surface area (Å²) in [5.74, 6) is 0.166. The second-order valence-electron chi connectivity index (χ2n) is 7.80. The smallest absolute Gasteiger partial charge is 0.287 e. The third-order valence-corrected chi connectivity index (χ3v) is 5.70. The standard InChI is InChI=1S/C25H24N2O2/c28-25(24-15-22-21-9-2-1-8-20(21)10-11-23(22)29-24)26-16-18-6-5-7-19(14-18)17-27-12-3-4-13-27/h1-2,5-11,14-15H,3-4,12-13,16-17H2,(H,26,28). The molecule has 1 N–H and O–H groups in total. The molecule has 0 unspecified atom stereocenters. The van der Waals surface area contributed by atoms with Crippen LogP contribution in [0.3, 0.4) is 0 Å². The van der Waals surface area contributed by atoms with Gasteiger partial charge in [-0.15, -0.1) is 0 Å². The second-order valence-corrected chi connectivity index (χ2v) is 7.80. The van der Waals surface area contributed by atoms with Gasteiger partial charge in [-0.3, -0.25) is 9.69 Å². The number of nitrogens with one attached hydrogen (secondary N) is 1. The van der Waals surface area contributed by atoms with E-state index in [-0.39, 0.29) is 5.91 Å². The molecule has 4 aromatic rings. The minimum atomic E-state index is -0.185. The molecule has 29 heavy (non-hydrogen) atoms. The molecule has 1 fully saturated rings. The van der Waals surface area contributed by atoms with Crippen LogP contribution in [0.25, 0.3) is 21.7 Å². The first kappa shape index (κ1) is 18.0. The summed E-state index contributed by atoms with van der Waals surface area (Å²) in [6, 6.07) is 22.4. The van der Waals surface area contributed by atoms with Crippen LogP contribution in [0.1, 0.15) is 34.5 Å². The number of nitrogens with zero attached hydrogens (tertiary/aromatic N) is 1. The molecule has 146 valence electrons. The van der Waals surface area contributed by atoms with Crippen molar-refractivity contribution in [1.82, 2.24) is 10.2 Å². The second kappa shape index (κ2) is 7.72. The van der Waals surface area contributed by atoms with Crippen molar-refractivity contribution in [2.24, 2.45) is 0 Å². The maximum absolute atomic E-state index is 12.7. The van der Waals surface area contributed by atoms with Crippen molar-refractivity contribution in [3.8, 4) is 0 Å². The van der Waals surface area contributed by atoms with Gasteiger partial charge in [0.2, 0.25) is 0 Å². The summed E-state index contributed by atoms with van der Waals surface area (Å²) in [4.78, 5) is 15.2. The maximum Gasteiger partial charge on any atom is 0.287 e. The first-order valence-corrected chi connectivity index (χ1v) is 10.3. The van der Waals surface area contributed by atoms with Crippen molar-refractivity contribution in [2.45, 2.75) is 25.9 Å². The zero-order valence-electron chi connectivity index (χ0n) is 16.4. The van der Waals surface area contributed by atoms with Crippen LogP contribution < -0.4 is 5.32 Å². The van der Waals surface area contributed by atoms with E-state index in [1.165, 1.54) is 31.5 Å². The van der Waals surface area contributed by atoms with E-state index in [0.717, 1.165) is 33.8 Å². The number of hydrogen-bond acceptors (Lipinski definition) is 3. The molecule has 1 aliphatic rings. The SMILES string of the molecule is O=C(NCc1cccc(CN2CCCC2)c1)c1cc2c(ccc3ccccc32)o1. The van der Waals surface area contributed by atoms with Gasteiger partial charge in [-0.25, -0.2) is 0 Å². The predicted octanol–water partition coefficient (Wildman–Crippen LogP) is 5.11. The molecule has 0 atom stereocenters. The Hall–Kier alpha value is -3.11. The molecule has 2 heterocycles. The molecular weight excluding hydrogens is 360 g/mol. The van der Waals surface area contributed by atoms with E-state index >= 15 is 0 Å². The molecule has 3 aromatic carbocycles. The number of likely N-dealkylation sites (tertiary alicyclic amines) is 1. The van der Waals surface area contributed by atoms with E-state index in [0.29, 0.717) is 12.3 Å². The van der Waals surface area contributed by atoms with Crippen molar-refractivity contribution in [3.63, 3.8) is 0 Å². The van der Waals surface area contributed by atoms with E-state index in [4.69, 9.17) is 4.42 Å². The molecule has 4 heteroatoms. The Morgan fingerprint density at radius 1 is 0.897 bits per heavy atom. The zero-order chi connectivity index (χ0) is 19.6.